The Balaban J connectivity index is 1.83. The highest BCUT2D eigenvalue weighted by atomic mass is 16.1. The van der Waals surface area contributed by atoms with Gasteiger partial charge in [0.05, 0.1) is 5.69 Å². The SMILES string of the molecule is Cn1c(C2CCCN2)cc(=O)n2nc(C3CCCC3)cc12. The molecule has 0 bridgehead atoms. The number of aryl methyl sites for hydroxylation is 1. The number of hydrogen-bond donors (Lipinski definition) is 1. The van der Waals surface area contributed by atoms with Gasteiger partial charge in [-0.15, -0.1) is 0 Å². The molecule has 21 heavy (non-hydrogen) atoms. The second kappa shape index (κ2) is 4.98. The van der Waals surface area contributed by atoms with Crippen LogP contribution in [0.1, 0.15) is 61.9 Å². The predicted octanol–water partition coefficient (Wildman–Crippen LogP) is 2.12. The first-order valence-electron chi connectivity index (χ1n) is 8.07. The topological polar surface area (TPSA) is 51.3 Å². The molecule has 1 aliphatic heterocycles. The Labute approximate surface area is 124 Å². The minimum absolute atomic E-state index is 0.00366. The molecule has 1 saturated carbocycles. The summed E-state index contributed by atoms with van der Waals surface area (Å²) in [5.74, 6) is 0.539. The lowest BCUT2D eigenvalue weighted by Gasteiger charge is -2.16. The second-order valence-electron chi connectivity index (χ2n) is 6.44. The van der Waals surface area contributed by atoms with Crippen LogP contribution in [0.3, 0.4) is 0 Å². The minimum Gasteiger partial charge on any atom is -0.331 e. The molecule has 112 valence electrons. The Kier molecular flexibility index (Phi) is 3.10. The van der Waals surface area contributed by atoms with E-state index in [-0.39, 0.29) is 5.56 Å². The smallest absolute Gasteiger partial charge is 0.274 e. The van der Waals surface area contributed by atoms with Crippen LogP contribution in [0.25, 0.3) is 5.65 Å². The zero-order chi connectivity index (χ0) is 14.4. The van der Waals surface area contributed by atoms with Crippen molar-refractivity contribution in [2.75, 3.05) is 6.54 Å². The second-order valence-corrected chi connectivity index (χ2v) is 6.44. The third-order valence-corrected chi connectivity index (χ3v) is 5.11. The van der Waals surface area contributed by atoms with E-state index in [1.807, 2.05) is 7.05 Å². The van der Waals surface area contributed by atoms with Gasteiger partial charge in [-0.1, -0.05) is 12.8 Å². The number of hydrogen-bond acceptors (Lipinski definition) is 3. The Hall–Kier alpha value is -1.62. The molecule has 0 spiro atoms. The van der Waals surface area contributed by atoms with E-state index in [4.69, 9.17) is 0 Å². The summed E-state index contributed by atoms with van der Waals surface area (Å²) in [5.41, 5.74) is 3.10. The van der Waals surface area contributed by atoms with E-state index >= 15 is 0 Å². The zero-order valence-corrected chi connectivity index (χ0v) is 12.5. The minimum atomic E-state index is -0.00366. The first-order chi connectivity index (χ1) is 10.2. The van der Waals surface area contributed by atoms with Crippen molar-refractivity contribution in [3.05, 3.63) is 33.9 Å². The summed E-state index contributed by atoms with van der Waals surface area (Å²) in [5, 5.41) is 8.06. The van der Waals surface area contributed by atoms with Gasteiger partial charge in [-0.05, 0) is 32.2 Å². The van der Waals surface area contributed by atoms with Gasteiger partial charge in [0, 0.05) is 36.8 Å². The standard InChI is InChI=1S/C16H22N4O/c1-19-14(12-7-4-8-17-12)10-16(21)20-15(19)9-13(18-20)11-5-2-3-6-11/h9-12,17H,2-8H2,1H3. The normalized spacial score (nSPS) is 23.4. The van der Waals surface area contributed by atoms with Crippen LogP contribution in [0.2, 0.25) is 0 Å². The van der Waals surface area contributed by atoms with Crippen molar-refractivity contribution in [2.24, 2.45) is 7.05 Å². The summed E-state index contributed by atoms with van der Waals surface area (Å²) in [6, 6.07) is 4.18. The molecule has 5 nitrogen and oxygen atoms in total. The lowest BCUT2D eigenvalue weighted by Crippen LogP contribution is -2.24. The highest BCUT2D eigenvalue weighted by molar-refractivity contribution is 5.43. The fourth-order valence-corrected chi connectivity index (χ4v) is 3.90. The molecule has 2 aliphatic rings. The van der Waals surface area contributed by atoms with E-state index < -0.39 is 0 Å². The van der Waals surface area contributed by atoms with Crippen LogP contribution in [0.4, 0.5) is 0 Å². The van der Waals surface area contributed by atoms with E-state index in [0.29, 0.717) is 12.0 Å². The number of fused-ring (bicyclic) bond motifs is 1. The summed E-state index contributed by atoms with van der Waals surface area (Å²) in [7, 11) is 2.05. The van der Waals surface area contributed by atoms with Gasteiger partial charge in [-0.2, -0.15) is 9.61 Å². The monoisotopic (exact) mass is 286 g/mol. The van der Waals surface area contributed by atoms with Crippen molar-refractivity contribution in [2.45, 2.75) is 50.5 Å². The first kappa shape index (κ1) is 13.1. The van der Waals surface area contributed by atoms with Crippen LogP contribution in [0, 0.1) is 0 Å². The summed E-state index contributed by atoms with van der Waals surface area (Å²) in [4.78, 5) is 12.4. The van der Waals surface area contributed by atoms with Crippen molar-refractivity contribution >= 4 is 5.65 Å². The number of nitrogens with zero attached hydrogens (tertiary/aromatic N) is 3. The fourth-order valence-electron chi connectivity index (χ4n) is 3.90. The predicted molar refractivity (Wildman–Crippen MR) is 81.6 cm³/mol. The average Bonchev–Trinajstić information content (AvgIpc) is 3.23. The summed E-state index contributed by atoms with van der Waals surface area (Å²) >= 11 is 0. The Bertz CT molecular complexity index is 718. The largest absolute Gasteiger partial charge is 0.331 e. The molecule has 1 N–H and O–H groups in total. The van der Waals surface area contributed by atoms with Crippen LogP contribution < -0.4 is 10.9 Å². The van der Waals surface area contributed by atoms with Gasteiger partial charge >= 0.3 is 0 Å². The maximum Gasteiger partial charge on any atom is 0.274 e. The maximum absolute atomic E-state index is 12.4. The molecule has 0 amide bonds. The highest BCUT2D eigenvalue weighted by Gasteiger charge is 2.23. The van der Waals surface area contributed by atoms with Crippen molar-refractivity contribution in [1.82, 2.24) is 19.5 Å². The molecule has 1 unspecified atom stereocenters. The van der Waals surface area contributed by atoms with Crippen LogP contribution in [0.15, 0.2) is 16.9 Å². The number of rotatable bonds is 2. The van der Waals surface area contributed by atoms with Gasteiger partial charge in [0.2, 0.25) is 0 Å². The molecule has 5 heteroatoms. The lowest BCUT2D eigenvalue weighted by atomic mass is 10.0. The molecule has 0 aromatic carbocycles. The van der Waals surface area contributed by atoms with E-state index in [1.54, 1.807) is 10.6 Å². The van der Waals surface area contributed by atoms with Gasteiger partial charge in [0.1, 0.15) is 5.65 Å². The summed E-state index contributed by atoms with van der Waals surface area (Å²) in [6.45, 7) is 1.04. The molecule has 0 radical (unpaired) electrons. The zero-order valence-electron chi connectivity index (χ0n) is 12.5. The molecule has 1 saturated heterocycles. The number of aromatic nitrogens is 3. The van der Waals surface area contributed by atoms with Crippen LogP contribution in [-0.4, -0.2) is 20.7 Å². The van der Waals surface area contributed by atoms with Crippen molar-refractivity contribution in [3.63, 3.8) is 0 Å². The molecule has 2 aromatic rings. The van der Waals surface area contributed by atoms with Crippen molar-refractivity contribution in [3.8, 4) is 0 Å². The van der Waals surface area contributed by atoms with Gasteiger partial charge in [0.15, 0.2) is 0 Å². The Morgan fingerprint density at radius 3 is 2.71 bits per heavy atom. The van der Waals surface area contributed by atoms with Crippen molar-refractivity contribution in [1.29, 1.82) is 0 Å². The van der Waals surface area contributed by atoms with E-state index in [1.165, 1.54) is 32.1 Å². The third kappa shape index (κ3) is 2.11. The quantitative estimate of drug-likeness (QED) is 0.920. The lowest BCUT2D eigenvalue weighted by molar-refractivity contribution is 0.589. The van der Waals surface area contributed by atoms with E-state index in [0.717, 1.165) is 30.0 Å². The molecular weight excluding hydrogens is 264 g/mol. The highest BCUT2D eigenvalue weighted by Crippen LogP contribution is 2.33. The first-order valence-corrected chi connectivity index (χ1v) is 8.07. The van der Waals surface area contributed by atoms with Crippen LogP contribution >= 0.6 is 0 Å². The average molecular weight is 286 g/mol. The fraction of sp³-hybridized carbons (Fsp3) is 0.625. The Morgan fingerprint density at radius 2 is 2.00 bits per heavy atom. The van der Waals surface area contributed by atoms with Gasteiger partial charge in [-0.25, -0.2) is 0 Å². The molecular formula is C16H22N4O. The summed E-state index contributed by atoms with van der Waals surface area (Å²) < 4.78 is 3.71. The maximum atomic E-state index is 12.4. The van der Waals surface area contributed by atoms with Crippen molar-refractivity contribution < 1.29 is 0 Å². The molecule has 2 aromatic heterocycles. The van der Waals surface area contributed by atoms with Gasteiger partial charge in [0.25, 0.3) is 5.56 Å². The molecule has 3 heterocycles. The molecule has 1 atom stereocenters. The van der Waals surface area contributed by atoms with E-state index in [2.05, 4.69) is 21.0 Å². The third-order valence-electron chi connectivity index (χ3n) is 5.11. The molecule has 1 aliphatic carbocycles. The van der Waals surface area contributed by atoms with Crippen LogP contribution in [-0.2, 0) is 7.05 Å². The number of nitrogens with one attached hydrogen (secondary N) is 1. The van der Waals surface area contributed by atoms with Gasteiger partial charge in [-0.3, -0.25) is 4.79 Å². The van der Waals surface area contributed by atoms with Crippen LogP contribution in [0.5, 0.6) is 0 Å². The van der Waals surface area contributed by atoms with Gasteiger partial charge < -0.3 is 9.88 Å². The van der Waals surface area contributed by atoms with E-state index in [9.17, 15) is 4.79 Å². The molecule has 4 rings (SSSR count). The summed E-state index contributed by atoms with van der Waals surface area (Å²) in [6.07, 6.45) is 7.26. The Morgan fingerprint density at radius 1 is 1.19 bits per heavy atom. The molecule has 2 fully saturated rings.